The van der Waals surface area contributed by atoms with Crippen LogP contribution in [0, 0.1) is 11.7 Å². The summed E-state index contributed by atoms with van der Waals surface area (Å²) < 4.78 is 20.5. The van der Waals surface area contributed by atoms with E-state index in [4.69, 9.17) is 16.3 Å². The van der Waals surface area contributed by atoms with Gasteiger partial charge in [-0.25, -0.2) is 4.39 Å². The Kier molecular flexibility index (Phi) is 8.49. The third-order valence-corrected chi connectivity index (χ3v) is 8.26. The average molecular weight is 566 g/mol. The van der Waals surface area contributed by atoms with Crippen molar-refractivity contribution in [3.8, 4) is 5.75 Å². The molecule has 3 atom stereocenters. The van der Waals surface area contributed by atoms with Gasteiger partial charge < -0.3 is 19.4 Å². The van der Waals surface area contributed by atoms with E-state index in [1.54, 1.807) is 31.3 Å². The molecule has 40 heavy (non-hydrogen) atoms. The van der Waals surface area contributed by atoms with Gasteiger partial charge in [-0.05, 0) is 54.3 Å². The number of benzene rings is 2. The first-order valence-corrected chi connectivity index (χ1v) is 13.9. The molecule has 2 saturated heterocycles. The molecule has 2 aromatic carbocycles. The number of rotatable bonds is 6. The van der Waals surface area contributed by atoms with Crippen LogP contribution in [-0.4, -0.2) is 77.7 Å². The van der Waals surface area contributed by atoms with E-state index in [9.17, 15) is 9.59 Å². The summed E-state index contributed by atoms with van der Waals surface area (Å²) in [6.45, 7) is 3.79. The highest BCUT2D eigenvalue weighted by Gasteiger charge is 2.43. The predicted molar refractivity (Wildman–Crippen MR) is 151 cm³/mol. The van der Waals surface area contributed by atoms with Crippen LogP contribution in [0.5, 0.6) is 5.75 Å². The normalized spacial score (nSPS) is 21.3. The van der Waals surface area contributed by atoms with E-state index < -0.39 is 11.7 Å². The second-order valence-electron chi connectivity index (χ2n) is 10.4. The molecule has 1 aromatic heterocycles. The standard InChI is InChI=1S/C30H33ClFN5O3/c1-20(38)37-15-14-35(13-11-23(37)16-21-5-7-22(31)8-6-21)30(39)27-19-36(29-4-3-12-33-34-29)18-26(27)25-10-9-24(40-2)17-28(25)32/h3-10,12,17,23,26-27H,11,13-16,18-19H2,1-2H3. The van der Waals surface area contributed by atoms with Crippen molar-refractivity contribution < 1.29 is 18.7 Å². The van der Waals surface area contributed by atoms with Crippen molar-refractivity contribution in [2.45, 2.75) is 31.7 Å². The van der Waals surface area contributed by atoms with E-state index in [-0.39, 0.29) is 23.8 Å². The number of ether oxygens (including phenoxy) is 1. The number of hydrogen-bond acceptors (Lipinski definition) is 6. The van der Waals surface area contributed by atoms with E-state index in [0.29, 0.717) is 67.7 Å². The Balaban J connectivity index is 1.38. The molecule has 2 fully saturated rings. The zero-order valence-electron chi connectivity index (χ0n) is 22.7. The highest BCUT2D eigenvalue weighted by atomic mass is 35.5. The van der Waals surface area contributed by atoms with Crippen molar-refractivity contribution >= 4 is 29.2 Å². The highest BCUT2D eigenvalue weighted by Crippen LogP contribution is 2.38. The molecule has 0 saturated carbocycles. The van der Waals surface area contributed by atoms with Gasteiger partial charge in [0.2, 0.25) is 11.8 Å². The minimum atomic E-state index is -0.483. The molecule has 2 aliphatic rings. The largest absolute Gasteiger partial charge is 0.497 e. The lowest BCUT2D eigenvalue weighted by atomic mass is 9.87. The van der Waals surface area contributed by atoms with E-state index >= 15 is 4.39 Å². The van der Waals surface area contributed by atoms with Crippen molar-refractivity contribution in [2.24, 2.45) is 5.92 Å². The second-order valence-corrected chi connectivity index (χ2v) is 10.8. The van der Waals surface area contributed by atoms with Gasteiger partial charge in [0.05, 0.1) is 13.0 Å². The summed E-state index contributed by atoms with van der Waals surface area (Å²) in [6, 6.07) is 16.1. The molecule has 10 heteroatoms. The number of halogens is 2. The summed E-state index contributed by atoms with van der Waals surface area (Å²) in [4.78, 5) is 32.4. The number of anilines is 1. The topological polar surface area (TPSA) is 78.9 Å². The first-order valence-electron chi connectivity index (χ1n) is 13.5. The van der Waals surface area contributed by atoms with Crippen LogP contribution < -0.4 is 9.64 Å². The Morgan fingerprint density at radius 2 is 1.88 bits per heavy atom. The Morgan fingerprint density at radius 1 is 1.07 bits per heavy atom. The zero-order valence-corrected chi connectivity index (χ0v) is 23.4. The molecule has 2 amide bonds. The van der Waals surface area contributed by atoms with Gasteiger partial charge in [0.1, 0.15) is 11.6 Å². The summed E-state index contributed by atoms with van der Waals surface area (Å²) in [6.07, 6.45) is 2.93. The van der Waals surface area contributed by atoms with E-state index in [2.05, 4.69) is 10.2 Å². The smallest absolute Gasteiger partial charge is 0.228 e. The summed E-state index contributed by atoms with van der Waals surface area (Å²) in [5.41, 5.74) is 1.57. The number of hydrogen-bond donors (Lipinski definition) is 0. The van der Waals surface area contributed by atoms with Crippen LogP contribution in [-0.2, 0) is 16.0 Å². The van der Waals surface area contributed by atoms with Crippen molar-refractivity contribution in [3.05, 3.63) is 82.8 Å². The number of amides is 2. The van der Waals surface area contributed by atoms with Crippen molar-refractivity contribution in [1.29, 1.82) is 0 Å². The van der Waals surface area contributed by atoms with Crippen LogP contribution in [0.3, 0.4) is 0 Å². The lowest BCUT2D eigenvalue weighted by molar-refractivity contribution is -0.136. The maximum absolute atomic E-state index is 15.3. The molecular formula is C30H33ClFN5O3. The summed E-state index contributed by atoms with van der Waals surface area (Å²) in [7, 11) is 1.50. The summed E-state index contributed by atoms with van der Waals surface area (Å²) >= 11 is 6.06. The summed E-state index contributed by atoms with van der Waals surface area (Å²) in [5, 5.41) is 8.89. The van der Waals surface area contributed by atoms with Gasteiger partial charge >= 0.3 is 0 Å². The van der Waals surface area contributed by atoms with Gasteiger partial charge in [-0.15, -0.1) is 5.10 Å². The fraction of sp³-hybridized carbons (Fsp3) is 0.400. The maximum atomic E-state index is 15.3. The molecule has 3 unspecified atom stereocenters. The molecule has 0 N–H and O–H groups in total. The minimum Gasteiger partial charge on any atom is -0.497 e. The maximum Gasteiger partial charge on any atom is 0.228 e. The number of nitrogens with zero attached hydrogens (tertiary/aromatic N) is 5. The Labute approximate surface area is 238 Å². The zero-order chi connectivity index (χ0) is 28.2. The van der Waals surface area contributed by atoms with Gasteiger partial charge in [0.25, 0.3) is 0 Å². The van der Waals surface area contributed by atoms with Crippen LogP contribution in [0.1, 0.15) is 30.4 Å². The third kappa shape index (κ3) is 6.04. The van der Waals surface area contributed by atoms with E-state index in [0.717, 1.165) is 5.56 Å². The predicted octanol–water partition coefficient (Wildman–Crippen LogP) is 4.19. The van der Waals surface area contributed by atoms with Crippen LogP contribution >= 0.6 is 11.6 Å². The molecule has 0 aliphatic carbocycles. The first-order chi connectivity index (χ1) is 19.3. The average Bonchev–Trinajstić information content (AvgIpc) is 3.29. The molecular weight excluding hydrogens is 533 g/mol. The third-order valence-electron chi connectivity index (χ3n) is 8.01. The van der Waals surface area contributed by atoms with E-state index in [1.807, 2.05) is 45.0 Å². The van der Waals surface area contributed by atoms with Crippen LogP contribution in [0.15, 0.2) is 60.8 Å². The van der Waals surface area contributed by atoms with Gasteiger partial charge in [0.15, 0.2) is 5.82 Å². The van der Waals surface area contributed by atoms with Crippen LogP contribution in [0.2, 0.25) is 5.02 Å². The molecule has 0 radical (unpaired) electrons. The monoisotopic (exact) mass is 565 g/mol. The van der Waals surface area contributed by atoms with Crippen molar-refractivity contribution in [3.63, 3.8) is 0 Å². The summed E-state index contributed by atoms with van der Waals surface area (Å²) in [5.74, 6) is -0.232. The fourth-order valence-corrected chi connectivity index (χ4v) is 6.04. The van der Waals surface area contributed by atoms with Gasteiger partial charge in [-0.3, -0.25) is 9.59 Å². The van der Waals surface area contributed by atoms with Crippen molar-refractivity contribution in [1.82, 2.24) is 20.0 Å². The molecule has 8 nitrogen and oxygen atoms in total. The molecule has 210 valence electrons. The van der Waals surface area contributed by atoms with Gasteiger partial charge in [0, 0.05) is 68.9 Å². The SMILES string of the molecule is COc1ccc(C2CN(c3cccnn3)CC2C(=O)N2CCC(Cc3ccc(Cl)cc3)N(C(C)=O)CC2)c(F)c1. The lowest BCUT2D eigenvalue weighted by Gasteiger charge is -2.28. The number of carbonyl (C=O) groups is 2. The molecule has 3 aromatic rings. The quantitative estimate of drug-likeness (QED) is 0.446. The van der Waals surface area contributed by atoms with Gasteiger partial charge in [-0.2, -0.15) is 5.10 Å². The highest BCUT2D eigenvalue weighted by molar-refractivity contribution is 6.30. The Morgan fingerprint density at radius 3 is 2.55 bits per heavy atom. The first kappa shape index (κ1) is 27.8. The number of aromatic nitrogens is 2. The van der Waals surface area contributed by atoms with Gasteiger partial charge in [-0.1, -0.05) is 29.8 Å². The number of carbonyl (C=O) groups excluding carboxylic acids is 2. The lowest BCUT2D eigenvalue weighted by Crippen LogP contribution is -2.42. The van der Waals surface area contributed by atoms with Crippen molar-refractivity contribution in [2.75, 3.05) is 44.7 Å². The molecule has 0 spiro atoms. The molecule has 3 heterocycles. The molecule has 5 rings (SSSR count). The Bertz CT molecular complexity index is 1340. The molecule has 0 bridgehead atoms. The fourth-order valence-electron chi connectivity index (χ4n) is 5.91. The van der Waals surface area contributed by atoms with E-state index in [1.165, 1.54) is 13.2 Å². The second kappa shape index (κ2) is 12.2. The van der Waals surface area contributed by atoms with Crippen LogP contribution in [0.25, 0.3) is 0 Å². The molecule has 2 aliphatic heterocycles. The van der Waals surface area contributed by atoms with Crippen LogP contribution in [0.4, 0.5) is 10.2 Å². The number of methoxy groups -OCH3 is 1. The Hall–Kier alpha value is -3.72. The minimum absolute atomic E-state index is 0.0128.